The van der Waals surface area contributed by atoms with Crippen molar-refractivity contribution in [1.29, 1.82) is 0 Å². The van der Waals surface area contributed by atoms with Gasteiger partial charge in [-0.25, -0.2) is 0 Å². The zero-order valence-electron chi connectivity index (χ0n) is 17.7. The van der Waals surface area contributed by atoms with Crippen LogP contribution in [-0.2, 0) is 9.53 Å². The first-order valence-electron chi connectivity index (χ1n) is 10.8. The SMILES string of the molecule is Cc1ccc(-c2nnc3ccc(N4CC(C(=O)NCCN5CCOCC5)C4)nn23)cc1. The quantitative estimate of drug-likeness (QED) is 0.635. The van der Waals surface area contributed by atoms with Crippen molar-refractivity contribution >= 4 is 17.4 Å². The summed E-state index contributed by atoms with van der Waals surface area (Å²) < 4.78 is 7.13. The Morgan fingerprint density at radius 1 is 1.10 bits per heavy atom. The maximum absolute atomic E-state index is 12.5. The molecule has 9 heteroatoms. The summed E-state index contributed by atoms with van der Waals surface area (Å²) in [5.41, 5.74) is 2.88. The van der Waals surface area contributed by atoms with E-state index >= 15 is 0 Å². The van der Waals surface area contributed by atoms with Gasteiger partial charge in [0.15, 0.2) is 11.5 Å². The van der Waals surface area contributed by atoms with Gasteiger partial charge in [0.05, 0.1) is 19.1 Å². The summed E-state index contributed by atoms with van der Waals surface area (Å²) in [6, 6.07) is 12.0. The standard InChI is InChI=1S/C22H27N7O2/c1-16-2-4-17(5-3-16)21-25-24-19-6-7-20(26-29(19)21)28-14-18(15-28)22(30)23-8-9-27-10-12-31-13-11-27/h2-7,18H,8-15H2,1H3,(H,23,30). The molecule has 0 aliphatic carbocycles. The number of nitrogens with zero attached hydrogens (tertiary/aromatic N) is 6. The van der Waals surface area contributed by atoms with Crippen LogP contribution in [0, 0.1) is 12.8 Å². The van der Waals surface area contributed by atoms with Gasteiger partial charge in [-0.2, -0.15) is 4.52 Å². The molecule has 0 radical (unpaired) electrons. The Balaban J connectivity index is 1.19. The van der Waals surface area contributed by atoms with Crippen molar-refractivity contribution in [2.24, 2.45) is 5.92 Å². The van der Waals surface area contributed by atoms with Gasteiger partial charge in [-0.1, -0.05) is 29.8 Å². The minimum Gasteiger partial charge on any atom is -0.379 e. The molecule has 0 saturated carbocycles. The van der Waals surface area contributed by atoms with Crippen LogP contribution in [0.5, 0.6) is 0 Å². The van der Waals surface area contributed by atoms with Crippen LogP contribution in [-0.4, -0.2) is 83.1 Å². The Labute approximate surface area is 181 Å². The van der Waals surface area contributed by atoms with Gasteiger partial charge in [-0.15, -0.1) is 15.3 Å². The van der Waals surface area contributed by atoms with Gasteiger partial charge < -0.3 is 15.0 Å². The van der Waals surface area contributed by atoms with Crippen LogP contribution in [0.25, 0.3) is 17.0 Å². The molecule has 2 aliphatic heterocycles. The lowest BCUT2D eigenvalue weighted by molar-refractivity contribution is -0.125. The number of morpholine rings is 1. The van der Waals surface area contributed by atoms with Crippen molar-refractivity contribution in [3.05, 3.63) is 42.0 Å². The highest BCUT2D eigenvalue weighted by Crippen LogP contribution is 2.25. The molecule has 0 atom stereocenters. The third-order valence-corrected chi connectivity index (χ3v) is 5.97. The maximum Gasteiger partial charge on any atom is 0.226 e. The number of ether oxygens (including phenoxy) is 1. The molecule has 2 aliphatic rings. The van der Waals surface area contributed by atoms with E-state index in [0.29, 0.717) is 25.3 Å². The van der Waals surface area contributed by atoms with Crippen molar-refractivity contribution in [3.8, 4) is 11.4 Å². The molecule has 0 spiro atoms. The molecule has 2 fully saturated rings. The number of carbonyl (C=O) groups is 1. The first-order chi connectivity index (χ1) is 15.2. The van der Waals surface area contributed by atoms with Crippen LogP contribution in [0.1, 0.15) is 5.56 Å². The van der Waals surface area contributed by atoms with Crippen LogP contribution < -0.4 is 10.2 Å². The predicted octanol–water partition coefficient (Wildman–Crippen LogP) is 0.984. The van der Waals surface area contributed by atoms with Crippen molar-refractivity contribution in [1.82, 2.24) is 30.0 Å². The van der Waals surface area contributed by atoms with Crippen molar-refractivity contribution in [2.45, 2.75) is 6.92 Å². The Morgan fingerprint density at radius 3 is 2.65 bits per heavy atom. The highest BCUT2D eigenvalue weighted by atomic mass is 16.5. The minimum atomic E-state index is -0.000308. The lowest BCUT2D eigenvalue weighted by Gasteiger charge is -2.39. The van der Waals surface area contributed by atoms with E-state index in [9.17, 15) is 4.79 Å². The molecule has 4 heterocycles. The number of aryl methyl sites for hydroxylation is 1. The van der Waals surface area contributed by atoms with Crippen LogP contribution in [0.2, 0.25) is 0 Å². The van der Waals surface area contributed by atoms with E-state index in [0.717, 1.165) is 50.1 Å². The fraction of sp³-hybridized carbons (Fsp3) is 0.455. The van der Waals surface area contributed by atoms with Gasteiger partial charge >= 0.3 is 0 Å². The van der Waals surface area contributed by atoms with Crippen molar-refractivity contribution in [3.63, 3.8) is 0 Å². The van der Waals surface area contributed by atoms with E-state index in [1.165, 1.54) is 5.56 Å². The fourth-order valence-corrected chi connectivity index (χ4v) is 3.97. The summed E-state index contributed by atoms with van der Waals surface area (Å²) in [5, 5.41) is 16.4. The number of benzene rings is 1. The van der Waals surface area contributed by atoms with Crippen LogP contribution in [0.3, 0.4) is 0 Å². The number of rotatable bonds is 6. The third kappa shape index (κ3) is 4.24. The Bertz CT molecular complexity index is 1050. The molecule has 2 aromatic heterocycles. The largest absolute Gasteiger partial charge is 0.379 e. The normalized spacial score (nSPS) is 17.6. The van der Waals surface area contributed by atoms with Crippen molar-refractivity contribution < 1.29 is 9.53 Å². The summed E-state index contributed by atoms with van der Waals surface area (Å²) >= 11 is 0. The van der Waals surface area contributed by atoms with E-state index in [1.807, 2.05) is 24.3 Å². The lowest BCUT2D eigenvalue weighted by atomic mass is 9.99. The summed E-state index contributed by atoms with van der Waals surface area (Å²) in [6.07, 6.45) is 0. The van der Waals surface area contributed by atoms with E-state index in [2.05, 4.69) is 44.4 Å². The summed E-state index contributed by atoms with van der Waals surface area (Å²) in [6.45, 7) is 8.39. The minimum absolute atomic E-state index is 0.000308. The molecular formula is C22H27N7O2. The Kier molecular flexibility index (Phi) is 5.52. The molecule has 162 valence electrons. The van der Waals surface area contributed by atoms with Gasteiger partial charge in [0.2, 0.25) is 5.91 Å². The highest BCUT2D eigenvalue weighted by Gasteiger charge is 2.33. The van der Waals surface area contributed by atoms with E-state index in [1.54, 1.807) is 4.52 Å². The molecule has 3 aromatic rings. The molecule has 31 heavy (non-hydrogen) atoms. The molecule has 9 nitrogen and oxygen atoms in total. The fourth-order valence-electron chi connectivity index (χ4n) is 3.97. The molecule has 1 N–H and O–H groups in total. The van der Waals surface area contributed by atoms with Crippen LogP contribution in [0.4, 0.5) is 5.82 Å². The first kappa shape index (κ1) is 19.9. The average molecular weight is 422 g/mol. The molecule has 0 unspecified atom stereocenters. The van der Waals surface area contributed by atoms with Gasteiger partial charge in [0, 0.05) is 44.8 Å². The number of hydrogen-bond donors (Lipinski definition) is 1. The molecule has 0 bridgehead atoms. The average Bonchev–Trinajstić information content (AvgIpc) is 3.17. The zero-order valence-corrected chi connectivity index (χ0v) is 17.7. The number of aromatic nitrogens is 4. The molecule has 1 amide bonds. The summed E-state index contributed by atoms with van der Waals surface area (Å²) in [4.78, 5) is 16.9. The van der Waals surface area contributed by atoms with Gasteiger partial charge in [-0.3, -0.25) is 9.69 Å². The molecule has 1 aromatic carbocycles. The second-order valence-corrected chi connectivity index (χ2v) is 8.20. The molecule has 2 saturated heterocycles. The topological polar surface area (TPSA) is 87.9 Å². The Morgan fingerprint density at radius 2 is 1.87 bits per heavy atom. The second kappa shape index (κ2) is 8.60. The molecular weight excluding hydrogens is 394 g/mol. The van der Waals surface area contributed by atoms with Crippen LogP contribution >= 0.6 is 0 Å². The molecule has 5 rings (SSSR count). The number of carbonyl (C=O) groups excluding carboxylic acids is 1. The highest BCUT2D eigenvalue weighted by molar-refractivity contribution is 5.81. The monoisotopic (exact) mass is 421 g/mol. The van der Waals surface area contributed by atoms with E-state index in [4.69, 9.17) is 9.84 Å². The van der Waals surface area contributed by atoms with Crippen molar-refractivity contribution in [2.75, 3.05) is 57.4 Å². The predicted molar refractivity (Wildman–Crippen MR) is 117 cm³/mol. The summed E-state index contributed by atoms with van der Waals surface area (Å²) in [5.74, 6) is 1.67. The van der Waals surface area contributed by atoms with Gasteiger partial charge in [-0.05, 0) is 19.1 Å². The summed E-state index contributed by atoms with van der Waals surface area (Å²) in [7, 11) is 0. The maximum atomic E-state index is 12.5. The number of fused-ring (bicyclic) bond motifs is 1. The smallest absolute Gasteiger partial charge is 0.226 e. The zero-order chi connectivity index (χ0) is 21.2. The number of anilines is 1. The van der Waals surface area contributed by atoms with E-state index in [-0.39, 0.29) is 11.8 Å². The Hall–Kier alpha value is -3.04. The lowest BCUT2D eigenvalue weighted by Crippen LogP contribution is -2.55. The van der Waals surface area contributed by atoms with Gasteiger partial charge in [0.1, 0.15) is 5.82 Å². The van der Waals surface area contributed by atoms with E-state index < -0.39 is 0 Å². The van der Waals surface area contributed by atoms with Gasteiger partial charge in [0.25, 0.3) is 0 Å². The number of hydrogen-bond acceptors (Lipinski definition) is 7. The first-order valence-corrected chi connectivity index (χ1v) is 10.8. The number of nitrogens with one attached hydrogen (secondary N) is 1. The number of amides is 1. The second-order valence-electron chi connectivity index (χ2n) is 8.20. The van der Waals surface area contributed by atoms with Crippen LogP contribution in [0.15, 0.2) is 36.4 Å². The third-order valence-electron chi connectivity index (χ3n) is 5.97.